The minimum Gasteiger partial charge on any atom is -0.328 e. The smallest absolute Gasteiger partial charge is 0.00708 e. The summed E-state index contributed by atoms with van der Waals surface area (Å²) in [4.78, 5) is 0. The van der Waals surface area contributed by atoms with E-state index in [2.05, 4.69) is 5.32 Å². The molecule has 0 heterocycles. The molecule has 0 bridgehead atoms. The van der Waals surface area contributed by atoms with Crippen LogP contribution in [0.4, 0.5) is 0 Å². The molecule has 0 aromatic carbocycles. The van der Waals surface area contributed by atoms with Gasteiger partial charge in [-0.1, -0.05) is 0 Å². The van der Waals surface area contributed by atoms with Gasteiger partial charge in [-0.25, -0.2) is 0 Å². The van der Waals surface area contributed by atoms with Gasteiger partial charge in [0.15, 0.2) is 0 Å². The second kappa shape index (κ2) is 3.11. The van der Waals surface area contributed by atoms with Gasteiger partial charge >= 0.3 is 0 Å². The monoisotopic (exact) mass is 154 g/mol. The third-order valence-electron chi connectivity index (χ3n) is 2.82. The minimum atomic E-state index is 0.493. The van der Waals surface area contributed by atoms with Crippen LogP contribution >= 0.6 is 0 Å². The number of hydrogen-bond donors (Lipinski definition) is 2. The SMILES string of the molecule is NC1CCC(NC2CC2)CC1. The summed E-state index contributed by atoms with van der Waals surface area (Å²) < 4.78 is 0. The van der Waals surface area contributed by atoms with Crippen LogP contribution in [0.3, 0.4) is 0 Å². The largest absolute Gasteiger partial charge is 0.328 e. The fourth-order valence-corrected chi connectivity index (χ4v) is 1.87. The lowest BCUT2D eigenvalue weighted by Crippen LogP contribution is -2.38. The zero-order valence-electron chi connectivity index (χ0n) is 7.05. The van der Waals surface area contributed by atoms with Crippen LogP contribution in [0.1, 0.15) is 38.5 Å². The van der Waals surface area contributed by atoms with Crippen molar-refractivity contribution in [2.75, 3.05) is 0 Å². The quantitative estimate of drug-likeness (QED) is 0.623. The van der Waals surface area contributed by atoms with Crippen LogP contribution in [0, 0.1) is 0 Å². The van der Waals surface area contributed by atoms with E-state index in [-0.39, 0.29) is 0 Å². The van der Waals surface area contributed by atoms with Crippen LogP contribution in [0.5, 0.6) is 0 Å². The van der Waals surface area contributed by atoms with Crippen molar-refractivity contribution in [2.45, 2.75) is 56.7 Å². The summed E-state index contributed by atoms with van der Waals surface area (Å²) in [5.74, 6) is 0. The molecule has 3 N–H and O–H groups in total. The molecule has 0 aromatic rings. The Bertz CT molecular complexity index is 124. The normalized spacial score (nSPS) is 39.0. The van der Waals surface area contributed by atoms with Crippen molar-refractivity contribution in [3.05, 3.63) is 0 Å². The molecule has 2 heteroatoms. The summed E-state index contributed by atoms with van der Waals surface area (Å²) in [6, 6.07) is 2.16. The van der Waals surface area contributed by atoms with Crippen LogP contribution in [-0.4, -0.2) is 18.1 Å². The Morgan fingerprint density at radius 2 is 1.27 bits per heavy atom. The highest BCUT2D eigenvalue weighted by atomic mass is 15.0. The standard InChI is InChI=1S/C9H18N2/c10-7-1-3-8(4-2-7)11-9-5-6-9/h7-9,11H,1-6,10H2. The zero-order chi connectivity index (χ0) is 7.68. The summed E-state index contributed by atoms with van der Waals surface area (Å²) in [6.45, 7) is 0. The van der Waals surface area contributed by atoms with Gasteiger partial charge in [-0.2, -0.15) is 0 Å². The van der Waals surface area contributed by atoms with Crippen LogP contribution in [0.15, 0.2) is 0 Å². The van der Waals surface area contributed by atoms with Gasteiger partial charge in [0.2, 0.25) is 0 Å². The highest BCUT2D eigenvalue weighted by molar-refractivity contribution is 4.87. The van der Waals surface area contributed by atoms with E-state index >= 15 is 0 Å². The average molecular weight is 154 g/mol. The molecule has 0 aromatic heterocycles. The lowest BCUT2D eigenvalue weighted by Gasteiger charge is -2.26. The molecule has 2 nitrogen and oxygen atoms in total. The Labute approximate surface area is 68.5 Å². The van der Waals surface area contributed by atoms with Gasteiger partial charge in [0.05, 0.1) is 0 Å². The molecule has 0 spiro atoms. The number of nitrogens with one attached hydrogen (secondary N) is 1. The predicted molar refractivity (Wildman–Crippen MR) is 46.4 cm³/mol. The Kier molecular flexibility index (Phi) is 2.14. The highest BCUT2D eigenvalue weighted by Crippen LogP contribution is 2.24. The van der Waals surface area contributed by atoms with Crippen LogP contribution < -0.4 is 11.1 Å². The Balaban J connectivity index is 1.69. The summed E-state index contributed by atoms with van der Waals surface area (Å²) in [5.41, 5.74) is 5.82. The Hall–Kier alpha value is -0.0800. The maximum Gasteiger partial charge on any atom is 0.00708 e. The van der Waals surface area contributed by atoms with Crippen LogP contribution in [0.2, 0.25) is 0 Å². The maximum atomic E-state index is 5.82. The van der Waals surface area contributed by atoms with E-state index in [0.29, 0.717) is 6.04 Å². The van der Waals surface area contributed by atoms with Crippen LogP contribution in [0.25, 0.3) is 0 Å². The van der Waals surface area contributed by atoms with Crippen molar-refractivity contribution in [1.29, 1.82) is 0 Å². The topological polar surface area (TPSA) is 38.0 Å². The van der Waals surface area contributed by atoms with Crippen molar-refractivity contribution in [1.82, 2.24) is 5.32 Å². The molecular formula is C9H18N2. The summed E-state index contributed by atoms with van der Waals surface area (Å²) in [6.07, 6.45) is 7.87. The molecule has 0 unspecified atom stereocenters. The van der Waals surface area contributed by atoms with Gasteiger partial charge in [-0.3, -0.25) is 0 Å². The van der Waals surface area contributed by atoms with Gasteiger partial charge < -0.3 is 11.1 Å². The third kappa shape index (κ3) is 2.17. The first-order valence-corrected chi connectivity index (χ1v) is 4.86. The average Bonchev–Trinajstić information content (AvgIpc) is 2.78. The molecule has 11 heavy (non-hydrogen) atoms. The minimum absolute atomic E-state index is 0.493. The van der Waals surface area contributed by atoms with Gasteiger partial charge in [0, 0.05) is 18.1 Å². The van der Waals surface area contributed by atoms with E-state index in [0.717, 1.165) is 12.1 Å². The summed E-state index contributed by atoms with van der Waals surface area (Å²) in [7, 11) is 0. The molecule has 0 saturated heterocycles. The van der Waals surface area contributed by atoms with Crippen molar-refractivity contribution >= 4 is 0 Å². The fraction of sp³-hybridized carbons (Fsp3) is 1.00. The summed E-state index contributed by atoms with van der Waals surface area (Å²) in [5, 5.41) is 3.66. The maximum absolute atomic E-state index is 5.82. The molecule has 2 rings (SSSR count). The fourth-order valence-electron chi connectivity index (χ4n) is 1.87. The molecule has 0 atom stereocenters. The second-order valence-corrected chi connectivity index (χ2v) is 4.05. The van der Waals surface area contributed by atoms with E-state index < -0.39 is 0 Å². The van der Waals surface area contributed by atoms with E-state index in [1.165, 1.54) is 38.5 Å². The Morgan fingerprint density at radius 3 is 1.73 bits per heavy atom. The second-order valence-electron chi connectivity index (χ2n) is 4.05. The number of hydrogen-bond acceptors (Lipinski definition) is 2. The molecule has 0 amide bonds. The van der Waals surface area contributed by atoms with Crippen molar-refractivity contribution in [2.24, 2.45) is 5.73 Å². The Morgan fingerprint density at radius 1 is 0.818 bits per heavy atom. The molecule has 0 aliphatic heterocycles. The van der Waals surface area contributed by atoms with E-state index in [4.69, 9.17) is 5.73 Å². The van der Waals surface area contributed by atoms with Gasteiger partial charge in [-0.05, 0) is 38.5 Å². The number of nitrogens with two attached hydrogens (primary N) is 1. The molecular weight excluding hydrogens is 136 g/mol. The van der Waals surface area contributed by atoms with Crippen LogP contribution in [-0.2, 0) is 0 Å². The van der Waals surface area contributed by atoms with E-state index in [1.54, 1.807) is 0 Å². The van der Waals surface area contributed by atoms with Gasteiger partial charge in [0.1, 0.15) is 0 Å². The molecule has 64 valence electrons. The van der Waals surface area contributed by atoms with E-state index in [9.17, 15) is 0 Å². The van der Waals surface area contributed by atoms with Gasteiger partial charge in [-0.15, -0.1) is 0 Å². The highest BCUT2D eigenvalue weighted by Gasteiger charge is 2.26. The van der Waals surface area contributed by atoms with E-state index in [1.807, 2.05) is 0 Å². The lowest BCUT2D eigenvalue weighted by molar-refractivity contribution is 0.341. The lowest BCUT2D eigenvalue weighted by atomic mass is 9.92. The molecule has 2 aliphatic carbocycles. The predicted octanol–water partition coefficient (Wildman–Crippen LogP) is 1.01. The summed E-state index contributed by atoms with van der Waals surface area (Å²) >= 11 is 0. The van der Waals surface area contributed by atoms with Gasteiger partial charge in [0.25, 0.3) is 0 Å². The third-order valence-corrected chi connectivity index (χ3v) is 2.82. The molecule has 2 fully saturated rings. The first-order chi connectivity index (χ1) is 5.34. The zero-order valence-corrected chi connectivity index (χ0v) is 7.05. The first kappa shape index (κ1) is 7.56. The number of rotatable bonds is 2. The molecule has 0 radical (unpaired) electrons. The molecule has 2 saturated carbocycles. The van der Waals surface area contributed by atoms with Crippen molar-refractivity contribution in [3.63, 3.8) is 0 Å². The molecule has 2 aliphatic rings. The van der Waals surface area contributed by atoms with Crippen molar-refractivity contribution in [3.8, 4) is 0 Å². The first-order valence-electron chi connectivity index (χ1n) is 4.86. The van der Waals surface area contributed by atoms with Crippen molar-refractivity contribution < 1.29 is 0 Å².